The number of aromatic nitrogens is 3. The predicted molar refractivity (Wildman–Crippen MR) is 222 cm³/mol. The molecule has 0 bridgehead atoms. The first kappa shape index (κ1) is 39.8. The lowest BCUT2D eigenvalue weighted by atomic mass is 9.53. The van der Waals surface area contributed by atoms with Gasteiger partial charge < -0.3 is 20.2 Å². The maximum absolute atomic E-state index is 17.1. The van der Waals surface area contributed by atoms with Crippen molar-refractivity contribution >= 4 is 40.7 Å². The summed E-state index contributed by atoms with van der Waals surface area (Å²) in [6, 6.07) is 23.7. The average Bonchev–Trinajstić information content (AvgIpc) is 3.94. The van der Waals surface area contributed by atoms with Crippen LogP contribution < -0.4 is 10.6 Å². The number of amides is 2. The minimum Gasteiger partial charge on any atom is -0.428 e. The smallest absolute Gasteiger partial charge is 0.238 e. The Morgan fingerprint density at radius 1 is 0.949 bits per heavy atom. The lowest BCUT2D eigenvalue weighted by molar-refractivity contribution is -0.137. The molecule has 2 saturated carbocycles. The molecule has 2 amide bonds. The van der Waals surface area contributed by atoms with Crippen LogP contribution in [0, 0.1) is 11.2 Å². The zero-order valence-electron chi connectivity index (χ0n) is 33.0. The van der Waals surface area contributed by atoms with E-state index in [2.05, 4.69) is 44.6 Å². The third kappa shape index (κ3) is 6.56. The number of anilines is 1. The molecule has 13 heteroatoms. The first-order valence-corrected chi connectivity index (χ1v) is 21.2. The molecule has 306 valence electrons. The van der Waals surface area contributed by atoms with Gasteiger partial charge in [-0.05, 0) is 97.2 Å². The van der Waals surface area contributed by atoms with Crippen LogP contribution in [0.15, 0.2) is 102 Å². The maximum Gasteiger partial charge on any atom is 0.238 e. The fourth-order valence-corrected chi connectivity index (χ4v) is 11.5. The molecular weight excluding hydrogens is 790 g/mol. The molecule has 0 unspecified atom stereocenters. The number of benzene rings is 3. The predicted octanol–water partition coefficient (Wildman–Crippen LogP) is 9.22. The van der Waals surface area contributed by atoms with E-state index < -0.39 is 40.9 Å². The minimum atomic E-state index is -1.56. The molecule has 4 aliphatic rings. The lowest BCUT2D eigenvalue weighted by Crippen LogP contribution is -2.64. The summed E-state index contributed by atoms with van der Waals surface area (Å²) in [5, 5.41) is 27.6. The van der Waals surface area contributed by atoms with Crippen LogP contribution in [-0.2, 0) is 15.0 Å². The van der Waals surface area contributed by atoms with Gasteiger partial charge in [-0.15, -0.1) is 10.2 Å². The number of pyridine rings is 1. The van der Waals surface area contributed by atoms with Crippen molar-refractivity contribution in [1.29, 1.82) is 0 Å². The van der Waals surface area contributed by atoms with Crippen LogP contribution in [0.25, 0.3) is 0 Å². The Hall–Kier alpha value is -4.68. The van der Waals surface area contributed by atoms with Gasteiger partial charge in [-0.25, -0.2) is 9.37 Å². The van der Waals surface area contributed by atoms with Gasteiger partial charge in [0, 0.05) is 40.3 Å². The van der Waals surface area contributed by atoms with E-state index in [9.17, 15) is 5.11 Å². The molecular formula is C46H47Cl2FN6O4. The highest BCUT2D eigenvalue weighted by Crippen LogP contribution is 2.70. The Morgan fingerprint density at radius 3 is 2.29 bits per heavy atom. The molecule has 1 saturated heterocycles. The molecule has 0 radical (unpaired) electrons. The molecule has 3 fully saturated rings. The fourth-order valence-electron chi connectivity index (χ4n) is 11.1. The number of nitrogens with zero attached hydrogens (tertiary/aromatic N) is 4. The van der Waals surface area contributed by atoms with Gasteiger partial charge in [0.05, 0.1) is 18.2 Å². The molecule has 2 aliphatic heterocycles. The van der Waals surface area contributed by atoms with E-state index in [1.807, 2.05) is 66.7 Å². The summed E-state index contributed by atoms with van der Waals surface area (Å²) in [5.74, 6) is -1.98. The number of likely N-dealkylation sites (tertiary alicyclic amines) is 1. The Labute approximate surface area is 352 Å². The number of aliphatic hydroxyl groups is 1. The molecule has 59 heavy (non-hydrogen) atoms. The van der Waals surface area contributed by atoms with Gasteiger partial charge >= 0.3 is 0 Å². The van der Waals surface area contributed by atoms with Crippen molar-refractivity contribution in [2.24, 2.45) is 5.41 Å². The number of fused-ring (bicyclic) bond motifs is 3. The summed E-state index contributed by atoms with van der Waals surface area (Å²) < 4.78 is 22.7. The molecule has 2 spiro atoms. The van der Waals surface area contributed by atoms with Crippen molar-refractivity contribution in [2.75, 3.05) is 5.32 Å². The number of hydrogen-bond acceptors (Lipinski definition) is 8. The largest absolute Gasteiger partial charge is 0.428 e. The quantitative estimate of drug-likeness (QED) is 0.132. The SMILES string of the molecule is CC1(C)CCC2(CC1)N([C@H](c1ccccc1)[C@@H](O)c1ccccc1)[C@@H](C(=O)NC1CCC(c3nnco3)CC1)[C@H](c1ccnc(Cl)c1F)[C@@]21C(=O)Nc2cc(Cl)ccc21. The molecule has 5 aromatic rings. The zero-order valence-corrected chi connectivity index (χ0v) is 34.5. The van der Waals surface area contributed by atoms with Crippen molar-refractivity contribution < 1.29 is 23.5 Å². The van der Waals surface area contributed by atoms with E-state index in [1.165, 1.54) is 12.6 Å². The summed E-state index contributed by atoms with van der Waals surface area (Å²) in [6.07, 6.45) is 6.67. The summed E-state index contributed by atoms with van der Waals surface area (Å²) >= 11 is 13.2. The first-order chi connectivity index (χ1) is 28.4. The van der Waals surface area contributed by atoms with Crippen LogP contribution in [0.4, 0.5) is 10.1 Å². The standard InChI is InChI=1S/C46H47Cl2FN6O4/c1-44(2)20-22-45(23-21-44)46(33-18-15-30(47)25-34(33)53-43(46)58)35(32-19-24-50-40(48)36(32)49)38(41(57)52-31-16-13-29(14-17-31)42-54-51-26-59-42)55(45)37(27-9-5-3-6-10-27)39(56)28-11-7-4-8-12-28/h3-12,15,18-19,24-26,29,31,35,37-39,56H,13-14,16-17,20-23H2,1-2H3,(H,52,57)(H,53,58)/t29?,31?,35-,37+,38+,39-,46-/m0/s1. The second kappa shape index (κ2) is 15.4. The Balaban J connectivity index is 1.31. The van der Waals surface area contributed by atoms with Gasteiger partial charge in [0.15, 0.2) is 11.0 Å². The van der Waals surface area contributed by atoms with Gasteiger partial charge in [0.1, 0.15) is 5.41 Å². The van der Waals surface area contributed by atoms with Gasteiger partial charge in [-0.3, -0.25) is 14.5 Å². The van der Waals surface area contributed by atoms with Crippen molar-refractivity contribution in [3.05, 3.63) is 142 Å². The topological polar surface area (TPSA) is 133 Å². The Bertz CT molecular complexity index is 2330. The molecule has 4 heterocycles. The number of hydrogen-bond donors (Lipinski definition) is 3. The van der Waals surface area contributed by atoms with Crippen LogP contribution in [0.3, 0.4) is 0 Å². The van der Waals surface area contributed by atoms with Crippen LogP contribution >= 0.6 is 23.2 Å². The first-order valence-electron chi connectivity index (χ1n) is 20.5. The summed E-state index contributed by atoms with van der Waals surface area (Å²) in [6.45, 7) is 4.44. The van der Waals surface area contributed by atoms with Crippen molar-refractivity contribution in [3.63, 3.8) is 0 Å². The van der Waals surface area contributed by atoms with E-state index >= 15 is 14.0 Å². The van der Waals surface area contributed by atoms with Gasteiger partial charge in [0.25, 0.3) is 0 Å². The minimum absolute atomic E-state index is 0.0700. The summed E-state index contributed by atoms with van der Waals surface area (Å²) in [4.78, 5) is 37.8. The molecule has 2 aliphatic carbocycles. The Kier molecular flexibility index (Phi) is 10.4. The number of halogens is 3. The second-order valence-electron chi connectivity index (χ2n) is 17.5. The third-order valence-corrected chi connectivity index (χ3v) is 14.4. The van der Waals surface area contributed by atoms with E-state index in [0.29, 0.717) is 66.3 Å². The van der Waals surface area contributed by atoms with Crippen LogP contribution in [-0.4, -0.2) is 54.6 Å². The fraction of sp³-hybridized carbons (Fsp3) is 0.413. The monoisotopic (exact) mass is 836 g/mol. The van der Waals surface area contributed by atoms with E-state index in [4.69, 9.17) is 27.6 Å². The highest BCUT2D eigenvalue weighted by Gasteiger charge is 2.77. The highest BCUT2D eigenvalue weighted by atomic mass is 35.5. The molecule has 3 N–H and O–H groups in total. The van der Waals surface area contributed by atoms with E-state index in [0.717, 1.165) is 18.4 Å². The van der Waals surface area contributed by atoms with Crippen LogP contribution in [0.1, 0.15) is 117 Å². The van der Waals surface area contributed by atoms with Crippen molar-refractivity contribution in [3.8, 4) is 0 Å². The number of carbonyl (C=O) groups excluding carboxylic acids is 2. The number of rotatable bonds is 8. The summed E-state index contributed by atoms with van der Waals surface area (Å²) in [5.41, 5.74) is -0.162. The average molecular weight is 838 g/mol. The van der Waals surface area contributed by atoms with Gasteiger partial charge in [0.2, 0.25) is 24.1 Å². The van der Waals surface area contributed by atoms with Gasteiger partial charge in [-0.2, -0.15) is 0 Å². The molecule has 10 nitrogen and oxygen atoms in total. The van der Waals surface area contributed by atoms with E-state index in [1.54, 1.807) is 18.2 Å². The van der Waals surface area contributed by atoms with Gasteiger partial charge in [-0.1, -0.05) is 104 Å². The highest BCUT2D eigenvalue weighted by molar-refractivity contribution is 6.31. The van der Waals surface area contributed by atoms with Crippen molar-refractivity contribution in [2.45, 2.75) is 112 Å². The molecule has 2 aromatic heterocycles. The number of nitrogens with one attached hydrogen (secondary N) is 2. The normalized spacial score (nSPS) is 27.0. The molecule has 3 aromatic carbocycles. The maximum atomic E-state index is 17.1. The van der Waals surface area contributed by atoms with E-state index in [-0.39, 0.29) is 39.9 Å². The van der Waals surface area contributed by atoms with Crippen molar-refractivity contribution in [1.82, 2.24) is 25.4 Å². The summed E-state index contributed by atoms with van der Waals surface area (Å²) in [7, 11) is 0. The Morgan fingerprint density at radius 2 is 1.63 bits per heavy atom. The molecule has 9 rings (SSSR count). The number of carbonyl (C=O) groups is 2. The zero-order chi connectivity index (χ0) is 41.1. The second-order valence-corrected chi connectivity index (χ2v) is 18.3. The van der Waals surface area contributed by atoms with Crippen LogP contribution in [0.5, 0.6) is 0 Å². The third-order valence-electron chi connectivity index (χ3n) is 13.9. The lowest BCUT2D eigenvalue weighted by Gasteiger charge is -2.56. The number of aliphatic hydroxyl groups excluding tert-OH is 1. The van der Waals surface area contributed by atoms with Crippen LogP contribution in [0.2, 0.25) is 10.2 Å². The molecule has 5 atom stereocenters.